The van der Waals surface area contributed by atoms with E-state index in [0.29, 0.717) is 24.4 Å². The number of fused-ring (bicyclic) bond motifs is 1. The summed E-state index contributed by atoms with van der Waals surface area (Å²) in [5, 5.41) is 1.00. The van der Waals surface area contributed by atoms with E-state index in [9.17, 15) is 9.18 Å². The predicted octanol–water partition coefficient (Wildman–Crippen LogP) is 3.88. The summed E-state index contributed by atoms with van der Waals surface area (Å²) < 4.78 is 24.4. The fourth-order valence-corrected chi connectivity index (χ4v) is 4.07. The Balaban J connectivity index is 1.45. The van der Waals surface area contributed by atoms with Crippen molar-refractivity contribution in [2.75, 3.05) is 33.3 Å². The third kappa shape index (κ3) is 4.40. The second-order valence-corrected chi connectivity index (χ2v) is 8.03. The summed E-state index contributed by atoms with van der Waals surface area (Å²) in [7, 11) is 1.61. The van der Waals surface area contributed by atoms with Crippen LogP contribution < -0.4 is 10.4 Å². The van der Waals surface area contributed by atoms with Gasteiger partial charge in [-0.2, -0.15) is 0 Å². The molecular weight excluding hydrogens is 383 g/mol. The molecule has 1 fully saturated rings. The van der Waals surface area contributed by atoms with Crippen molar-refractivity contribution >= 4 is 11.0 Å². The maximum absolute atomic E-state index is 13.6. The topological polar surface area (TPSA) is 45.9 Å². The van der Waals surface area contributed by atoms with E-state index in [0.717, 1.165) is 48.3 Å². The first kappa shape index (κ1) is 20.6. The van der Waals surface area contributed by atoms with Crippen LogP contribution >= 0.6 is 0 Å². The molecule has 0 bridgehead atoms. The van der Waals surface area contributed by atoms with Crippen LogP contribution in [0.2, 0.25) is 0 Å². The molecule has 0 N–H and O–H groups in total. The zero-order valence-corrected chi connectivity index (χ0v) is 17.7. The maximum atomic E-state index is 13.6. The Bertz CT molecular complexity index is 1120. The molecule has 6 heteroatoms. The molecule has 4 rings (SSSR count). The van der Waals surface area contributed by atoms with Crippen LogP contribution in [0.3, 0.4) is 0 Å². The fourth-order valence-electron chi connectivity index (χ4n) is 4.07. The van der Waals surface area contributed by atoms with Crippen molar-refractivity contribution in [3.63, 3.8) is 0 Å². The number of benzene rings is 2. The van der Waals surface area contributed by atoms with Gasteiger partial charge >= 0.3 is 5.63 Å². The van der Waals surface area contributed by atoms with Gasteiger partial charge in [0, 0.05) is 56.3 Å². The Morgan fingerprint density at radius 2 is 1.57 bits per heavy atom. The van der Waals surface area contributed by atoms with E-state index >= 15 is 0 Å². The second-order valence-electron chi connectivity index (χ2n) is 8.03. The third-order valence-corrected chi connectivity index (χ3v) is 5.94. The zero-order chi connectivity index (χ0) is 21.3. The molecule has 2 aromatic carbocycles. The summed E-state index contributed by atoms with van der Waals surface area (Å²) in [5.74, 6) is 0.469. The number of piperazine rings is 1. The van der Waals surface area contributed by atoms with Crippen molar-refractivity contribution < 1.29 is 13.5 Å². The van der Waals surface area contributed by atoms with Crippen LogP contribution in [-0.4, -0.2) is 43.1 Å². The highest BCUT2D eigenvalue weighted by molar-refractivity contribution is 5.81. The summed E-state index contributed by atoms with van der Waals surface area (Å²) in [6.45, 7) is 8.97. The third-order valence-electron chi connectivity index (χ3n) is 5.94. The number of rotatable bonds is 5. The zero-order valence-electron chi connectivity index (χ0n) is 17.7. The smallest absolute Gasteiger partial charge is 0.336 e. The summed E-state index contributed by atoms with van der Waals surface area (Å²) in [6, 6.07) is 10.3. The second kappa shape index (κ2) is 8.58. The Morgan fingerprint density at radius 3 is 2.23 bits per heavy atom. The van der Waals surface area contributed by atoms with Gasteiger partial charge in [0.2, 0.25) is 0 Å². The molecule has 1 aliphatic heterocycles. The molecule has 0 aliphatic carbocycles. The maximum Gasteiger partial charge on any atom is 0.336 e. The molecule has 3 aromatic rings. The SMILES string of the molecule is COc1ccc(F)cc1CN1CCN(Cc2cc(=O)oc3cc(C)c(C)cc23)CC1. The molecular formula is C24H27FN2O3. The monoisotopic (exact) mass is 410 g/mol. The van der Waals surface area contributed by atoms with Crippen LogP contribution in [-0.2, 0) is 13.1 Å². The minimum atomic E-state index is -0.308. The van der Waals surface area contributed by atoms with Gasteiger partial charge in [0.15, 0.2) is 0 Å². The molecule has 5 nitrogen and oxygen atoms in total. The molecule has 30 heavy (non-hydrogen) atoms. The van der Waals surface area contributed by atoms with Gasteiger partial charge in [-0.05, 0) is 60.9 Å². The van der Waals surface area contributed by atoms with Gasteiger partial charge in [-0.25, -0.2) is 9.18 Å². The standard InChI is InChI=1S/C24H27FN2O3/c1-16-10-21-18(13-24(28)30-23(21)11-17(16)2)14-26-6-8-27(9-7-26)15-19-12-20(25)4-5-22(19)29-3/h4-5,10-13H,6-9,14-15H2,1-3H3. The molecule has 0 radical (unpaired) electrons. The molecule has 0 saturated carbocycles. The fraction of sp³-hybridized carbons (Fsp3) is 0.375. The highest BCUT2D eigenvalue weighted by atomic mass is 19.1. The molecule has 1 saturated heterocycles. The molecule has 2 heterocycles. The van der Waals surface area contributed by atoms with Crippen LogP contribution in [0.4, 0.5) is 4.39 Å². The van der Waals surface area contributed by atoms with Gasteiger partial charge in [-0.3, -0.25) is 9.80 Å². The lowest BCUT2D eigenvalue weighted by Gasteiger charge is -2.35. The first-order chi connectivity index (χ1) is 14.4. The van der Waals surface area contributed by atoms with Crippen molar-refractivity contribution in [3.8, 4) is 5.75 Å². The first-order valence-electron chi connectivity index (χ1n) is 10.2. The Morgan fingerprint density at radius 1 is 0.933 bits per heavy atom. The summed E-state index contributed by atoms with van der Waals surface area (Å²) in [6.07, 6.45) is 0. The van der Waals surface area contributed by atoms with Gasteiger partial charge < -0.3 is 9.15 Å². The lowest BCUT2D eigenvalue weighted by molar-refractivity contribution is 0.121. The largest absolute Gasteiger partial charge is 0.496 e. The molecule has 0 atom stereocenters. The average molecular weight is 410 g/mol. The summed E-state index contributed by atoms with van der Waals surface area (Å²) >= 11 is 0. The molecule has 0 spiro atoms. The summed E-state index contributed by atoms with van der Waals surface area (Å²) in [4.78, 5) is 16.7. The van der Waals surface area contributed by atoms with Crippen LogP contribution in [0, 0.1) is 19.7 Å². The number of methoxy groups -OCH3 is 1. The minimum Gasteiger partial charge on any atom is -0.496 e. The first-order valence-corrected chi connectivity index (χ1v) is 10.2. The van der Waals surface area contributed by atoms with Crippen LogP contribution in [0.5, 0.6) is 5.75 Å². The number of aryl methyl sites for hydroxylation is 2. The van der Waals surface area contributed by atoms with Crippen molar-refractivity contribution in [1.82, 2.24) is 9.80 Å². The van der Waals surface area contributed by atoms with Crippen molar-refractivity contribution in [1.29, 1.82) is 0 Å². The van der Waals surface area contributed by atoms with Crippen molar-refractivity contribution in [2.24, 2.45) is 0 Å². The quantitative estimate of drug-likeness (QED) is 0.598. The summed E-state index contributed by atoms with van der Waals surface area (Å²) in [5.41, 5.74) is 4.51. The van der Waals surface area contributed by atoms with E-state index < -0.39 is 0 Å². The van der Waals surface area contributed by atoms with E-state index in [1.165, 1.54) is 11.6 Å². The number of nitrogens with zero attached hydrogens (tertiary/aromatic N) is 2. The van der Waals surface area contributed by atoms with Gasteiger partial charge in [-0.1, -0.05) is 0 Å². The molecule has 1 aromatic heterocycles. The Hall–Kier alpha value is -2.70. The van der Waals surface area contributed by atoms with Gasteiger partial charge in [0.25, 0.3) is 0 Å². The van der Waals surface area contributed by atoms with E-state index in [1.54, 1.807) is 25.3 Å². The normalized spacial score (nSPS) is 15.6. The number of hydrogen-bond donors (Lipinski definition) is 0. The van der Waals surface area contributed by atoms with E-state index in [-0.39, 0.29) is 11.4 Å². The molecule has 0 amide bonds. The highest BCUT2D eigenvalue weighted by Gasteiger charge is 2.20. The van der Waals surface area contributed by atoms with Crippen molar-refractivity contribution in [2.45, 2.75) is 26.9 Å². The van der Waals surface area contributed by atoms with E-state index in [2.05, 4.69) is 22.8 Å². The lowest BCUT2D eigenvalue weighted by atomic mass is 10.0. The van der Waals surface area contributed by atoms with Crippen LogP contribution in [0.25, 0.3) is 11.0 Å². The van der Waals surface area contributed by atoms with E-state index in [4.69, 9.17) is 9.15 Å². The average Bonchev–Trinajstić information content (AvgIpc) is 2.71. The highest BCUT2D eigenvalue weighted by Crippen LogP contribution is 2.24. The van der Waals surface area contributed by atoms with Gasteiger partial charge in [0.1, 0.15) is 17.1 Å². The minimum absolute atomic E-state index is 0.246. The van der Waals surface area contributed by atoms with Crippen LogP contribution in [0.1, 0.15) is 22.3 Å². The van der Waals surface area contributed by atoms with E-state index in [1.807, 2.05) is 13.0 Å². The number of hydrogen-bond acceptors (Lipinski definition) is 5. The number of halogens is 1. The molecule has 1 aliphatic rings. The molecule has 0 unspecified atom stereocenters. The lowest BCUT2D eigenvalue weighted by Crippen LogP contribution is -2.45. The molecule has 158 valence electrons. The Labute approximate surface area is 175 Å². The van der Waals surface area contributed by atoms with Crippen molar-refractivity contribution in [3.05, 3.63) is 74.9 Å². The van der Waals surface area contributed by atoms with Crippen LogP contribution in [0.15, 0.2) is 45.6 Å². The Kier molecular flexibility index (Phi) is 5.88. The number of ether oxygens (including phenoxy) is 1. The van der Waals surface area contributed by atoms with Gasteiger partial charge in [-0.15, -0.1) is 0 Å². The van der Waals surface area contributed by atoms with Gasteiger partial charge in [0.05, 0.1) is 7.11 Å². The predicted molar refractivity (Wildman–Crippen MR) is 115 cm³/mol.